The van der Waals surface area contributed by atoms with E-state index in [9.17, 15) is 13.6 Å². The molecule has 6 aromatic rings. The Hall–Kier alpha value is -5.47. The molecule has 3 aliphatic heterocycles. The van der Waals surface area contributed by atoms with E-state index < -0.39 is 17.7 Å². The molecule has 272 valence electrons. The Balaban J connectivity index is 1.09. The van der Waals surface area contributed by atoms with Crippen molar-refractivity contribution >= 4 is 33.8 Å². The fourth-order valence-electron chi connectivity index (χ4n) is 7.98. The molecule has 9 rings (SSSR count). The van der Waals surface area contributed by atoms with Crippen molar-refractivity contribution in [1.29, 1.82) is 0 Å². The fraction of sp³-hybridized carbons (Fsp3) is 0.359. The van der Waals surface area contributed by atoms with Gasteiger partial charge in [0.15, 0.2) is 11.5 Å². The highest BCUT2D eigenvalue weighted by Crippen LogP contribution is 2.36. The number of benzene rings is 3. The Bertz CT molecular complexity index is 2290. The van der Waals surface area contributed by atoms with E-state index in [1.807, 2.05) is 46.5 Å². The van der Waals surface area contributed by atoms with Crippen LogP contribution >= 0.6 is 0 Å². The SMILES string of the molecule is O=C1[C@@H]2C[C@@H](CN2c2ncnc3c2cnn3-c2ccc(F)cc2F)Oc2cccc(c2)-c2cccc3ncn(c23)CCCN1CCCN1CCOCC1. The maximum atomic E-state index is 14.9. The predicted octanol–water partition coefficient (Wildman–Crippen LogP) is 5.09. The van der Waals surface area contributed by atoms with Gasteiger partial charge in [-0.15, -0.1) is 0 Å². The smallest absolute Gasteiger partial charge is 0.245 e. The molecule has 14 heteroatoms. The Morgan fingerprint density at radius 2 is 1.79 bits per heavy atom. The average Bonchev–Trinajstić information content (AvgIpc) is 3.91. The van der Waals surface area contributed by atoms with Crippen LogP contribution in [0.3, 0.4) is 0 Å². The summed E-state index contributed by atoms with van der Waals surface area (Å²) in [6, 6.07) is 17.0. The van der Waals surface area contributed by atoms with E-state index in [4.69, 9.17) is 14.5 Å². The number of carbonyl (C=O) groups is 1. The molecule has 4 bridgehead atoms. The molecule has 0 unspecified atom stereocenters. The van der Waals surface area contributed by atoms with E-state index in [1.165, 1.54) is 23.1 Å². The third-order valence-corrected chi connectivity index (χ3v) is 10.5. The molecular formula is C39H39F2N9O3. The summed E-state index contributed by atoms with van der Waals surface area (Å²) in [6.45, 7) is 6.34. The average molecular weight is 720 g/mol. The van der Waals surface area contributed by atoms with Crippen molar-refractivity contribution in [3.8, 4) is 22.6 Å². The van der Waals surface area contributed by atoms with Gasteiger partial charge in [-0.3, -0.25) is 9.69 Å². The quantitative estimate of drug-likeness (QED) is 0.233. The Morgan fingerprint density at radius 3 is 2.68 bits per heavy atom. The first-order valence-electron chi connectivity index (χ1n) is 18.2. The molecule has 3 aliphatic rings. The first-order valence-corrected chi connectivity index (χ1v) is 18.2. The zero-order chi connectivity index (χ0) is 35.9. The van der Waals surface area contributed by atoms with Crippen LogP contribution in [0.15, 0.2) is 79.5 Å². The van der Waals surface area contributed by atoms with Crippen molar-refractivity contribution in [3.63, 3.8) is 0 Å². The number of imidazole rings is 1. The normalized spacial score (nSPS) is 19.8. The lowest BCUT2D eigenvalue weighted by Gasteiger charge is -2.32. The molecular weight excluding hydrogens is 680 g/mol. The van der Waals surface area contributed by atoms with Gasteiger partial charge in [0.2, 0.25) is 5.91 Å². The second-order valence-corrected chi connectivity index (χ2v) is 13.9. The van der Waals surface area contributed by atoms with Crippen molar-refractivity contribution in [2.24, 2.45) is 0 Å². The third-order valence-electron chi connectivity index (χ3n) is 10.5. The Morgan fingerprint density at radius 1 is 0.906 bits per heavy atom. The number of rotatable bonds is 6. The second-order valence-electron chi connectivity index (χ2n) is 13.9. The number of fused-ring (bicyclic) bond motifs is 6. The first-order chi connectivity index (χ1) is 26.0. The number of amides is 1. The third kappa shape index (κ3) is 6.46. The number of anilines is 1. The topological polar surface area (TPSA) is 107 Å². The minimum atomic E-state index is -0.764. The van der Waals surface area contributed by atoms with E-state index in [2.05, 4.69) is 36.7 Å². The van der Waals surface area contributed by atoms with Gasteiger partial charge in [-0.2, -0.15) is 5.10 Å². The second kappa shape index (κ2) is 14.2. The molecule has 2 saturated heterocycles. The Labute approximate surface area is 304 Å². The largest absolute Gasteiger partial charge is 0.488 e. The van der Waals surface area contributed by atoms with Gasteiger partial charge in [0.05, 0.1) is 48.7 Å². The molecule has 0 radical (unpaired) electrons. The molecule has 0 saturated carbocycles. The lowest BCUT2D eigenvalue weighted by atomic mass is 10.0. The van der Waals surface area contributed by atoms with E-state index in [0.717, 1.165) is 73.9 Å². The van der Waals surface area contributed by atoms with Gasteiger partial charge < -0.3 is 23.8 Å². The highest BCUT2D eigenvalue weighted by Gasteiger charge is 2.42. The van der Waals surface area contributed by atoms with Gasteiger partial charge in [0, 0.05) is 57.3 Å². The van der Waals surface area contributed by atoms with Crippen molar-refractivity contribution in [1.82, 2.24) is 39.1 Å². The number of halogens is 2. The highest BCUT2D eigenvalue weighted by atomic mass is 19.1. The molecule has 2 atom stereocenters. The number of aryl methyl sites for hydroxylation is 1. The van der Waals surface area contributed by atoms with Gasteiger partial charge in [-0.1, -0.05) is 24.3 Å². The summed E-state index contributed by atoms with van der Waals surface area (Å²) < 4.78 is 44.5. The minimum absolute atomic E-state index is 0.00149. The standard InChI is InChI=1S/C39H39F2N9O3/c40-27-9-10-34(32(41)20-27)50-38-31(22-45-50)37(42-24-43-38)49-23-29-21-35(49)39(51)47(12-3-11-46-15-17-52-18-16-46)13-4-14-48-25-44-33-8-2-7-30(36(33)48)26-5-1-6-28(19-26)53-29/h1-2,5-10,19-20,22,24-25,29,35H,3-4,11-18,21,23H2/t29-,35-/m0/s1. The fourth-order valence-corrected chi connectivity index (χ4v) is 7.98. The molecule has 3 aromatic heterocycles. The van der Waals surface area contributed by atoms with Crippen LogP contribution in [0.2, 0.25) is 0 Å². The summed E-state index contributed by atoms with van der Waals surface area (Å²) in [5.41, 5.74) is 4.49. The monoisotopic (exact) mass is 719 g/mol. The van der Waals surface area contributed by atoms with Gasteiger partial charge in [-0.25, -0.2) is 28.4 Å². The summed E-state index contributed by atoms with van der Waals surface area (Å²) in [6.07, 6.45) is 6.53. The molecule has 53 heavy (non-hydrogen) atoms. The number of carbonyl (C=O) groups excluding carboxylic acids is 1. The highest BCUT2D eigenvalue weighted by molar-refractivity contribution is 5.94. The van der Waals surface area contributed by atoms with Crippen LogP contribution in [0.5, 0.6) is 5.75 Å². The van der Waals surface area contributed by atoms with Crippen LogP contribution in [-0.2, 0) is 16.1 Å². The number of aromatic nitrogens is 6. The lowest BCUT2D eigenvalue weighted by molar-refractivity contribution is -0.132. The first kappa shape index (κ1) is 33.4. The summed E-state index contributed by atoms with van der Waals surface area (Å²) in [5, 5.41) is 4.99. The van der Waals surface area contributed by atoms with Crippen molar-refractivity contribution in [3.05, 3.63) is 91.1 Å². The zero-order valence-corrected chi connectivity index (χ0v) is 29.2. The van der Waals surface area contributed by atoms with Crippen molar-refractivity contribution in [2.75, 3.05) is 57.4 Å². The molecule has 0 spiro atoms. The van der Waals surface area contributed by atoms with Crippen molar-refractivity contribution in [2.45, 2.75) is 38.0 Å². The molecule has 3 aromatic carbocycles. The van der Waals surface area contributed by atoms with Gasteiger partial charge in [0.25, 0.3) is 0 Å². The summed E-state index contributed by atoms with van der Waals surface area (Å²) >= 11 is 0. The lowest BCUT2D eigenvalue weighted by Crippen LogP contribution is -2.47. The number of para-hydroxylation sites is 1. The van der Waals surface area contributed by atoms with Crippen LogP contribution < -0.4 is 9.64 Å². The summed E-state index contributed by atoms with van der Waals surface area (Å²) in [4.78, 5) is 35.1. The van der Waals surface area contributed by atoms with Gasteiger partial charge >= 0.3 is 0 Å². The molecule has 1 amide bonds. The maximum Gasteiger partial charge on any atom is 0.245 e. The van der Waals surface area contributed by atoms with Gasteiger partial charge in [0.1, 0.15) is 41.5 Å². The van der Waals surface area contributed by atoms with Crippen LogP contribution in [0.4, 0.5) is 14.6 Å². The molecule has 0 aliphatic carbocycles. The number of hydrogen-bond acceptors (Lipinski definition) is 9. The summed E-state index contributed by atoms with van der Waals surface area (Å²) in [7, 11) is 0. The molecule has 0 N–H and O–H groups in total. The number of ether oxygens (including phenoxy) is 2. The maximum absolute atomic E-state index is 14.9. The molecule has 2 fully saturated rings. The minimum Gasteiger partial charge on any atom is -0.488 e. The summed E-state index contributed by atoms with van der Waals surface area (Å²) in [5.74, 6) is -0.239. The predicted molar refractivity (Wildman–Crippen MR) is 195 cm³/mol. The van der Waals surface area contributed by atoms with Crippen LogP contribution in [0, 0.1) is 11.6 Å². The Kier molecular flexibility index (Phi) is 8.92. The number of nitrogens with zero attached hydrogens (tertiary/aromatic N) is 9. The number of morpholine rings is 1. The number of hydrogen-bond donors (Lipinski definition) is 0. The zero-order valence-electron chi connectivity index (χ0n) is 29.2. The van der Waals surface area contributed by atoms with Crippen LogP contribution in [-0.4, -0.2) is 110 Å². The van der Waals surface area contributed by atoms with E-state index in [0.29, 0.717) is 55.2 Å². The van der Waals surface area contributed by atoms with Crippen LogP contribution in [0.1, 0.15) is 19.3 Å². The molecule has 12 nitrogen and oxygen atoms in total. The van der Waals surface area contributed by atoms with E-state index in [-0.39, 0.29) is 17.7 Å². The van der Waals surface area contributed by atoms with Crippen molar-refractivity contribution < 1.29 is 23.0 Å². The van der Waals surface area contributed by atoms with E-state index in [1.54, 1.807) is 6.20 Å². The molecule has 6 heterocycles. The van der Waals surface area contributed by atoms with Crippen LogP contribution in [0.25, 0.3) is 38.9 Å². The van der Waals surface area contributed by atoms with E-state index >= 15 is 0 Å². The van der Waals surface area contributed by atoms with Gasteiger partial charge in [-0.05, 0) is 48.7 Å².